The summed E-state index contributed by atoms with van der Waals surface area (Å²) in [6.45, 7) is 2.91. The van der Waals surface area contributed by atoms with Crippen molar-refractivity contribution in [3.05, 3.63) is 106 Å². The number of hydrogen-bond donors (Lipinski definition) is 0. The molecule has 0 atom stereocenters. The van der Waals surface area contributed by atoms with Crippen LogP contribution in [0.15, 0.2) is 83.9 Å². The third-order valence-electron chi connectivity index (χ3n) is 5.30. The standard InChI is InChI=1S/C25H24N4O2/c1-2-28(17-20-8-4-3-5-9-20)24(30)18-29-25(31)22-11-7-6-10-21(22)23(27-29)16-19-12-14-26-15-13-19/h3-15H,2,16-18H2,1H3. The maximum absolute atomic E-state index is 13.1. The number of carbonyl (C=O) groups is 1. The SMILES string of the molecule is CCN(Cc1ccccc1)C(=O)Cn1nc(Cc2ccncc2)c2ccccc2c1=O. The zero-order valence-corrected chi connectivity index (χ0v) is 17.4. The molecule has 0 aliphatic rings. The molecule has 2 aromatic carbocycles. The van der Waals surface area contributed by atoms with Crippen LogP contribution in [-0.4, -0.2) is 32.1 Å². The summed E-state index contributed by atoms with van der Waals surface area (Å²) in [5, 5.41) is 5.98. The highest BCUT2D eigenvalue weighted by atomic mass is 16.2. The fourth-order valence-electron chi connectivity index (χ4n) is 3.65. The Bertz CT molecular complexity index is 1240. The van der Waals surface area contributed by atoms with Crippen molar-refractivity contribution in [2.75, 3.05) is 6.54 Å². The molecule has 2 aromatic heterocycles. The minimum atomic E-state index is -0.252. The van der Waals surface area contributed by atoms with Gasteiger partial charge in [0.2, 0.25) is 5.91 Å². The molecule has 0 radical (unpaired) electrons. The van der Waals surface area contributed by atoms with E-state index >= 15 is 0 Å². The van der Waals surface area contributed by atoms with Gasteiger partial charge in [0.1, 0.15) is 6.54 Å². The van der Waals surface area contributed by atoms with E-state index in [4.69, 9.17) is 0 Å². The zero-order valence-electron chi connectivity index (χ0n) is 17.4. The highest BCUT2D eigenvalue weighted by molar-refractivity contribution is 5.84. The number of rotatable bonds is 7. The molecular weight excluding hydrogens is 388 g/mol. The van der Waals surface area contributed by atoms with Gasteiger partial charge in [0, 0.05) is 37.3 Å². The first-order valence-electron chi connectivity index (χ1n) is 10.3. The second kappa shape index (κ2) is 9.34. The van der Waals surface area contributed by atoms with Crippen molar-refractivity contribution in [1.82, 2.24) is 19.7 Å². The van der Waals surface area contributed by atoms with Gasteiger partial charge in [-0.05, 0) is 36.2 Å². The maximum atomic E-state index is 13.1. The van der Waals surface area contributed by atoms with E-state index in [1.165, 1.54) is 4.68 Å². The van der Waals surface area contributed by atoms with Gasteiger partial charge in [-0.25, -0.2) is 4.68 Å². The molecule has 0 aliphatic carbocycles. The van der Waals surface area contributed by atoms with Crippen molar-refractivity contribution < 1.29 is 4.79 Å². The van der Waals surface area contributed by atoms with Crippen LogP contribution in [0, 0.1) is 0 Å². The second-order valence-corrected chi connectivity index (χ2v) is 7.38. The van der Waals surface area contributed by atoms with E-state index in [1.54, 1.807) is 23.4 Å². The molecule has 0 saturated carbocycles. The first-order valence-corrected chi connectivity index (χ1v) is 10.3. The van der Waals surface area contributed by atoms with Gasteiger partial charge in [-0.2, -0.15) is 5.10 Å². The van der Waals surface area contributed by atoms with Crippen LogP contribution in [-0.2, 0) is 24.3 Å². The minimum Gasteiger partial charge on any atom is -0.337 e. The van der Waals surface area contributed by atoms with Gasteiger partial charge in [-0.15, -0.1) is 0 Å². The molecule has 6 nitrogen and oxygen atoms in total. The molecule has 0 fully saturated rings. The van der Waals surface area contributed by atoms with Crippen LogP contribution in [0.4, 0.5) is 0 Å². The van der Waals surface area contributed by atoms with E-state index in [0.717, 1.165) is 22.2 Å². The fraction of sp³-hybridized carbons (Fsp3) is 0.200. The summed E-state index contributed by atoms with van der Waals surface area (Å²) in [6, 6.07) is 21.1. The first kappa shape index (κ1) is 20.5. The monoisotopic (exact) mass is 412 g/mol. The molecular formula is C25H24N4O2. The van der Waals surface area contributed by atoms with Crippen LogP contribution in [0.3, 0.4) is 0 Å². The zero-order chi connectivity index (χ0) is 21.6. The van der Waals surface area contributed by atoms with Gasteiger partial charge in [0.05, 0.1) is 11.1 Å². The minimum absolute atomic E-state index is 0.0896. The Kier molecular flexibility index (Phi) is 6.17. The van der Waals surface area contributed by atoms with Crippen LogP contribution >= 0.6 is 0 Å². The lowest BCUT2D eigenvalue weighted by Gasteiger charge is -2.21. The Morgan fingerprint density at radius 1 is 0.903 bits per heavy atom. The highest BCUT2D eigenvalue weighted by Crippen LogP contribution is 2.17. The third-order valence-corrected chi connectivity index (χ3v) is 5.30. The molecule has 0 unspecified atom stereocenters. The Balaban J connectivity index is 1.66. The quantitative estimate of drug-likeness (QED) is 0.466. The smallest absolute Gasteiger partial charge is 0.275 e. The Morgan fingerprint density at radius 2 is 1.58 bits per heavy atom. The summed E-state index contributed by atoms with van der Waals surface area (Å²) in [5.41, 5.74) is 2.61. The van der Waals surface area contributed by atoms with Gasteiger partial charge in [0.25, 0.3) is 5.56 Å². The molecule has 156 valence electrons. The number of likely N-dealkylation sites (N-methyl/N-ethyl adjacent to an activating group) is 1. The van der Waals surface area contributed by atoms with E-state index in [9.17, 15) is 9.59 Å². The molecule has 31 heavy (non-hydrogen) atoms. The van der Waals surface area contributed by atoms with E-state index in [0.29, 0.717) is 24.9 Å². The van der Waals surface area contributed by atoms with Crippen LogP contribution in [0.25, 0.3) is 10.8 Å². The molecule has 2 heterocycles. The lowest BCUT2D eigenvalue weighted by atomic mass is 10.1. The normalized spacial score (nSPS) is 10.9. The first-order chi connectivity index (χ1) is 15.2. The number of aromatic nitrogens is 3. The van der Waals surface area contributed by atoms with E-state index in [1.807, 2.05) is 67.6 Å². The number of carbonyl (C=O) groups excluding carboxylic acids is 1. The van der Waals surface area contributed by atoms with Gasteiger partial charge in [-0.3, -0.25) is 14.6 Å². The topological polar surface area (TPSA) is 68.1 Å². The number of amides is 1. The number of pyridine rings is 1. The van der Waals surface area contributed by atoms with Crippen molar-refractivity contribution in [3.63, 3.8) is 0 Å². The predicted octanol–water partition coefficient (Wildman–Crippen LogP) is 3.43. The number of fused-ring (bicyclic) bond motifs is 1. The van der Waals surface area contributed by atoms with Crippen LogP contribution in [0.1, 0.15) is 23.7 Å². The molecule has 4 rings (SSSR count). The average Bonchev–Trinajstić information content (AvgIpc) is 2.82. The van der Waals surface area contributed by atoms with Crippen LogP contribution in [0.2, 0.25) is 0 Å². The van der Waals surface area contributed by atoms with Crippen molar-refractivity contribution in [2.45, 2.75) is 26.4 Å². The second-order valence-electron chi connectivity index (χ2n) is 7.38. The molecule has 1 amide bonds. The van der Waals surface area contributed by atoms with Gasteiger partial charge < -0.3 is 4.90 Å². The summed E-state index contributed by atoms with van der Waals surface area (Å²) < 4.78 is 1.30. The van der Waals surface area contributed by atoms with Crippen LogP contribution in [0.5, 0.6) is 0 Å². The van der Waals surface area contributed by atoms with Gasteiger partial charge in [0.15, 0.2) is 0 Å². The van der Waals surface area contributed by atoms with Crippen molar-refractivity contribution in [1.29, 1.82) is 0 Å². The van der Waals surface area contributed by atoms with E-state index in [2.05, 4.69) is 10.1 Å². The largest absolute Gasteiger partial charge is 0.337 e. The van der Waals surface area contributed by atoms with Crippen molar-refractivity contribution in [2.24, 2.45) is 0 Å². The molecule has 0 N–H and O–H groups in total. The summed E-state index contributed by atoms with van der Waals surface area (Å²) in [6.07, 6.45) is 4.03. The van der Waals surface area contributed by atoms with E-state index in [-0.39, 0.29) is 18.0 Å². The van der Waals surface area contributed by atoms with E-state index < -0.39 is 0 Å². The highest BCUT2D eigenvalue weighted by Gasteiger charge is 2.17. The average molecular weight is 412 g/mol. The number of benzene rings is 2. The Morgan fingerprint density at radius 3 is 2.29 bits per heavy atom. The lowest BCUT2D eigenvalue weighted by molar-refractivity contribution is -0.132. The molecule has 0 aliphatic heterocycles. The summed E-state index contributed by atoms with van der Waals surface area (Å²) >= 11 is 0. The number of nitrogens with zero attached hydrogens (tertiary/aromatic N) is 4. The van der Waals surface area contributed by atoms with Crippen molar-refractivity contribution >= 4 is 16.7 Å². The maximum Gasteiger partial charge on any atom is 0.275 e. The molecule has 0 bridgehead atoms. The Labute approximate surface area is 180 Å². The molecule has 0 saturated heterocycles. The predicted molar refractivity (Wildman–Crippen MR) is 121 cm³/mol. The summed E-state index contributed by atoms with van der Waals surface area (Å²) in [5.74, 6) is -0.133. The molecule has 4 aromatic rings. The fourth-order valence-corrected chi connectivity index (χ4v) is 3.65. The van der Waals surface area contributed by atoms with Crippen LogP contribution < -0.4 is 5.56 Å². The van der Waals surface area contributed by atoms with Gasteiger partial charge >= 0.3 is 0 Å². The molecule has 0 spiro atoms. The third kappa shape index (κ3) is 4.69. The molecule has 6 heteroatoms. The summed E-state index contributed by atoms with van der Waals surface area (Å²) in [7, 11) is 0. The Hall–Kier alpha value is -3.80. The van der Waals surface area contributed by atoms with Crippen molar-refractivity contribution in [3.8, 4) is 0 Å². The summed E-state index contributed by atoms with van der Waals surface area (Å²) in [4.78, 5) is 31.9. The van der Waals surface area contributed by atoms with Gasteiger partial charge in [-0.1, -0.05) is 48.5 Å². The number of hydrogen-bond acceptors (Lipinski definition) is 4. The lowest BCUT2D eigenvalue weighted by Crippen LogP contribution is -2.37.